The monoisotopic (exact) mass is 1170 g/mol. The molecule has 25 heteroatoms. The number of aliphatic carboxylic acids is 1. The Kier molecular flexibility index (Phi) is 36.8. The molecule has 1 amide bonds. The molecule has 0 aromatic carbocycles. The van der Waals surface area contributed by atoms with Crippen LogP contribution in [0.25, 0.3) is 0 Å². The van der Waals surface area contributed by atoms with Crippen LogP contribution in [-0.4, -0.2) is 179 Å². The van der Waals surface area contributed by atoms with Crippen LogP contribution < -0.4 is 11.2 Å². The third-order valence-electron chi connectivity index (χ3n) is 13.4. The normalized spacial score (nSPS) is 14.2. The van der Waals surface area contributed by atoms with Gasteiger partial charge in [0.05, 0.1) is 128 Å². The molecule has 0 radical (unpaired) electrons. The molecule has 0 fully saturated rings. The van der Waals surface area contributed by atoms with Crippen LogP contribution in [-0.2, 0) is 91.2 Å². The Hall–Kier alpha value is -4.53. The minimum absolute atomic E-state index is 0.0434. The second-order valence-corrected chi connectivity index (χ2v) is 24.4. The van der Waals surface area contributed by atoms with Gasteiger partial charge in [-0.05, 0) is 99.8 Å². The number of ether oxygens (including phenoxy) is 8. The first kappa shape index (κ1) is 75.5. The van der Waals surface area contributed by atoms with Crippen molar-refractivity contribution >= 4 is 57.8 Å². The van der Waals surface area contributed by atoms with Gasteiger partial charge in [-0.3, -0.25) is 42.9 Å². The van der Waals surface area contributed by atoms with Gasteiger partial charge in [0, 0.05) is 11.5 Å². The molecule has 0 aliphatic carbocycles. The zero-order chi connectivity index (χ0) is 61.2. The van der Waals surface area contributed by atoms with Crippen molar-refractivity contribution in [1.82, 2.24) is 5.48 Å². The van der Waals surface area contributed by atoms with Gasteiger partial charge < -0.3 is 58.1 Å². The highest BCUT2D eigenvalue weighted by molar-refractivity contribution is 7.87. The van der Waals surface area contributed by atoms with E-state index in [9.17, 15) is 51.6 Å². The molecule has 5 atom stereocenters. The molecular formula is C55H100N3O21S+. The van der Waals surface area contributed by atoms with Crippen LogP contribution in [0.3, 0.4) is 0 Å². The summed E-state index contributed by atoms with van der Waals surface area (Å²) in [6.45, 7) is 14.9. The van der Waals surface area contributed by atoms with Gasteiger partial charge in [-0.15, -0.1) is 5.48 Å². The van der Waals surface area contributed by atoms with Crippen molar-refractivity contribution in [2.24, 2.45) is 35.3 Å². The van der Waals surface area contributed by atoms with Crippen LogP contribution in [0.1, 0.15) is 166 Å². The van der Waals surface area contributed by atoms with Crippen molar-refractivity contribution in [2.45, 2.75) is 181 Å². The van der Waals surface area contributed by atoms with Gasteiger partial charge in [0.2, 0.25) is 5.91 Å². The Morgan fingerprint density at radius 1 is 0.588 bits per heavy atom. The highest BCUT2D eigenvalue weighted by atomic mass is 32.2. The van der Waals surface area contributed by atoms with Gasteiger partial charge in [-0.2, -0.15) is 8.42 Å². The van der Waals surface area contributed by atoms with Gasteiger partial charge in [-0.1, -0.05) is 46.5 Å². The molecule has 0 saturated heterocycles. The highest BCUT2D eigenvalue weighted by Gasteiger charge is 2.44. The molecule has 0 rings (SSSR count). The molecule has 0 aromatic heterocycles. The number of hydrogen-bond donors (Lipinski definition) is 4. The largest absolute Gasteiger partial charge is 0.481 e. The summed E-state index contributed by atoms with van der Waals surface area (Å²) >= 11 is 0. The first-order valence-corrected chi connectivity index (χ1v) is 29.7. The molecule has 0 spiro atoms. The Morgan fingerprint density at radius 2 is 1.04 bits per heavy atom. The number of carboxylic acids is 1. The molecule has 80 heavy (non-hydrogen) atoms. The summed E-state index contributed by atoms with van der Waals surface area (Å²) < 4.78 is 78.2. The number of primary amides is 1. The van der Waals surface area contributed by atoms with Crippen LogP contribution >= 0.6 is 0 Å². The smallest absolute Gasteiger partial charge is 0.327 e. The van der Waals surface area contributed by atoms with E-state index in [0.717, 1.165) is 32.2 Å². The number of rotatable bonds is 48. The van der Waals surface area contributed by atoms with Crippen molar-refractivity contribution in [3.63, 3.8) is 0 Å². The highest BCUT2D eigenvalue weighted by Crippen LogP contribution is 2.33. The summed E-state index contributed by atoms with van der Waals surface area (Å²) in [4.78, 5) is 112. The average molecular weight is 1170 g/mol. The minimum atomic E-state index is -4.61. The van der Waals surface area contributed by atoms with E-state index >= 15 is 4.79 Å². The van der Waals surface area contributed by atoms with Crippen molar-refractivity contribution in [3.05, 3.63) is 0 Å². The van der Waals surface area contributed by atoms with Crippen LogP contribution in [0.2, 0.25) is 0 Å². The molecule has 5 unspecified atom stereocenters. The maximum Gasteiger partial charge on any atom is 0.327 e. The Labute approximate surface area is 475 Å². The SMILES string of the molecule is CCCCCCCC[N+](C)(C)CCOC(=O)C(C)CC(CC(CC(CC(CC)C(N)=O)C(=O)O)C(=O)OC(COCCC(=O)OCC)(COCCC(=O)OCC)COCCC(=O)OCC)C(=O)ONC(C)(C)CC(C)(C)S(=O)(=O)O. The van der Waals surface area contributed by atoms with E-state index in [1.165, 1.54) is 47.5 Å². The summed E-state index contributed by atoms with van der Waals surface area (Å²) in [7, 11) is -0.541. The summed E-state index contributed by atoms with van der Waals surface area (Å²) in [5.41, 5.74) is 4.94. The number of nitrogens with zero attached hydrogens (tertiary/aromatic N) is 1. The van der Waals surface area contributed by atoms with Crippen LogP contribution in [0.15, 0.2) is 0 Å². The molecule has 5 N–H and O–H groups in total. The second-order valence-electron chi connectivity index (χ2n) is 22.3. The minimum Gasteiger partial charge on any atom is -0.481 e. The molecule has 0 saturated carbocycles. The number of likely N-dealkylation sites (N-methyl/N-ethyl adjacent to an activating group) is 1. The number of carbonyl (C=O) groups excluding carboxylic acids is 7. The fraction of sp³-hybridized carbons (Fsp3) is 0.855. The predicted molar refractivity (Wildman–Crippen MR) is 293 cm³/mol. The number of nitrogens with one attached hydrogen (secondary N) is 1. The van der Waals surface area contributed by atoms with Gasteiger partial charge in [0.1, 0.15) is 13.2 Å². The zero-order valence-electron chi connectivity index (χ0n) is 50.1. The third kappa shape index (κ3) is 32.8. The molecule has 0 bridgehead atoms. The maximum atomic E-state index is 15.2. The molecule has 0 aromatic rings. The van der Waals surface area contributed by atoms with E-state index in [0.29, 0.717) is 11.0 Å². The van der Waals surface area contributed by atoms with E-state index < -0.39 is 136 Å². The standard InChI is InChI=1S/C55H99N3O21S/c1-13-18-19-20-21-22-26-58(11,12)27-31-77-50(65)40(6)32-43(52(67)79-57-53(7,8)36-54(9,10)80(68,69)70)35-44(34-42(49(63)64)33-41(14-2)48(56)62)51(66)78-55(37-71-28-23-45(59)74-15-3,38-72-29-24-46(60)75-16-4)39-73-30-25-47(61)76-17-5/h40-44,57H,13-39H2,1-12H3,(H3-,56,62,63,64,68,69,70)/p+1. The van der Waals surface area contributed by atoms with Gasteiger partial charge in [0.15, 0.2) is 5.60 Å². The summed E-state index contributed by atoms with van der Waals surface area (Å²) in [6, 6.07) is 0. The summed E-state index contributed by atoms with van der Waals surface area (Å²) in [5, 5.41) is 10.7. The molecule has 0 aliphatic rings. The van der Waals surface area contributed by atoms with E-state index in [4.69, 9.17) is 48.5 Å². The molecular weight excluding hydrogens is 1070 g/mol. The molecule has 466 valence electrons. The van der Waals surface area contributed by atoms with E-state index in [2.05, 4.69) is 12.4 Å². The van der Waals surface area contributed by atoms with E-state index in [1.807, 2.05) is 14.1 Å². The Balaban J connectivity index is 7.69. The lowest BCUT2D eigenvalue weighted by atomic mass is 9.80. The number of hydroxylamine groups is 1. The van der Waals surface area contributed by atoms with E-state index in [1.54, 1.807) is 27.7 Å². The lowest BCUT2D eigenvalue weighted by Crippen LogP contribution is -2.50. The molecule has 24 nitrogen and oxygen atoms in total. The lowest BCUT2D eigenvalue weighted by Gasteiger charge is -2.35. The molecule has 0 heterocycles. The first-order valence-electron chi connectivity index (χ1n) is 28.2. The van der Waals surface area contributed by atoms with Crippen molar-refractivity contribution < 1.29 is 104 Å². The van der Waals surface area contributed by atoms with E-state index in [-0.39, 0.29) is 91.2 Å². The van der Waals surface area contributed by atoms with Crippen LogP contribution in [0, 0.1) is 29.6 Å². The van der Waals surface area contributed by atoms with Crippen LogP contribution in [0.4, 0.5) is 0 Å². The second kappa shape index (κ2) is 39.0. The van der Waals surface area contributed by atoms with Crippen molar-refractivity contribution in [1.29, 1.82) is 0 Å². The quantitative estimate of drug-likeness (QED) is 0.0142. The summed E-state index contributed by atoms with van der Waals surface area (Å²) in [6.07, 6.45) is 4.09. The average Bonchev–Trinajstić information content (AvgIpc) is 3.35. The topological polar surface area (TPSA) is 332 Å². The lowest BCUT2D eigenvalue weighted by molar-refractivity contribution is -0.890. The van der Waals surface area contributed by atoms with Crippen LogP contribution in [0.5, 0.6) is 0 Å². The Morgan fingerprint density at radius 3 is 1.48 bits per heavy atom. The fourth-order valence-corrected chi connectivity index (χ4v) is 9.34. The number of carbonyl (C=O) groups is 8. The number of quaternary nitrogens is 1. The number of carboxylic acid groups (broad SMARTS) is 1. The number of hydrogen-bond acceptors (Lipinski definition) is 20. The van der Waals surface area contributed by atoms with Gasteiger partial charge >= 0.3 is 41.8 Å². The maximum absolute atomic E-state index is 15.2. The number of esters is 5. The number of nitrogens with two attached hydrogens (primary N) is 1. The number of unbranched alkanes of at least 4 members (excludes halogenated alkanes) is 5. The van der Waals surface area contributed by atoms with Gasteiger partial charge in [-0.25, -0.2) is 0 Å². The third-order valence-corrected chi connectivity index (χ3v) is 14.9. The Bertz CT molecular complexity index is 1930. The van der Waals surface area contributed by atoms with Crippen molar-refractivity contribution in [3.8, 4) is 0 Å². The van der Waals surface area contributed by atoms with Gasteiger partial charge in [0.25, 0.3) is 10.1 Å². The number of amides is 1. The zero-order valence-corrected chi connectivity index (χ0v) is 50.9. The first-order chi connectivity index (χ1) is 37.3. The predicted octanol–water partition coefficient (Wildman–Crippen LogP) is 5.68. The fourth-order valence-electron chi connectivity index (χ4n) is 8.79. The summed E-state index contributed by atoms with van der Waals surface area (Å²) in [5.74, 6) is -13.3. The molecule has 0 aliphatic heterocycles. The van der Waals surface area contributed by atoms with Crippen molar-refractivity contribution in [2.75, 3.05) is 93.3 Å².